The number of halogens is 5. The number of fused-ring (bicyclic) bond motifs is 1. The molecule has 0 aliphatic heterocycles. The average Bonchev–Trinajstić information content (AvgIpc) is 3.51. The van der Waals surface area contributed by atoms with Crippen LogP contribution in [0.15, 0.2) is 43.2 Å². The van der Waals surface area contributed by atoms with E-state index in [2.05, 4.69) is 27.0 Å². The molecule has 13 heteroatoms. The molecule has 2 atom stereocenters. The number of nitrogen functional groups attached to an aromatic ring is 1. The summed E-state index contributed by atoms with van der Waals surface area (Å²) < 4.78 is 76.8. The Morgan fingerprint density at radius 1 is 1.08 bits per heavy atom. The molecular weight excluding hydrogens is 511 g/mol. The van der Waals surface area contributed by atoms with Gasteiger partial charge in [0.2, 0.25) is 23.3 Å². The molecule has 2 aromatic heterocycles. The molecule has 2 aromatic carbocycles. The van der Waals surface area contributed by atoms with Gasteiger partial charge in [-0.15, -0.1) is 0 Å². The fourth-order valence-corrected chi connectivity index (χ4v) is 4.52. The van der Waals surface area contributed by atoms with Crippen LogP contribution < -0.4 is 15.8 Å². The summed E-state index contributed by atoms with van der Waals surface area (Å²) in [5, 5.41) is 7.69. The first-order valence-electron chi connectivity index (χ1n) is 11.4. The summed E-state index contributed by atoms with van der Waals surface area (Å²) in [6, 6.07) is 2.90. The Kier molecular flexibility index (Phi) is 6.43. The van der Waals surface area contributed by atoms with Crippen LogP contribution in [0.4, 0.5) is 27.8 Å². The Labute approximate surface area is 211 Å². The number of ether oxygens (including phenoxy) is 1. The highest BCUT2D eigenvalue weighted by Gasteiger charge is 2.31. The second kappa shape index (κ2) is 9.72. The molecular formula is C25H19F5N6O2. The van der Waals surface area contributed by atoms with Gasteiger partial charge < -0.3 is 15.8 Å². The molecule has 1 aliphatic carbocycles. The van der Waals surface area contributed by atoms with Gasteiger partial charge in [0.15, 0.2) is 17.3 Å². The molecule has 196 valence electrons. The van der Waals surface area contributed by atoms with Gasteiger partial charge in [-0.1, -0.05) is 6.58 Å². The molecule has 0 bridgehead atoms. The Morgan fingerprint density at radius 3 is 2.50 bits per heavy atom. The van der Waals surface area contributed by atoms with E-state index >= 15 is 4.39 Å². The molecule has 4 aromatic rings. The van der Waals surface area contributed by atoms with Crippen LogP contribution in [0.25, 0.3) is 22.3 Å². The summed E-state index contributed by atoms with van der Waals surface area (Å²) in [5.41, 5.74) is 6.50. The summed E-state index contributed by atoms with van der Waals surface area (Å²) in [6.45, 7) is 3.45. The molecule has 2 heterocycles. The van der Waals surface area contributed by atoms with Crippen LogP contribution in [0.1, 0.15) is 25.3 Å². The van der Waals surface area contributed by atoms with Crippen molar-refractivity contribution >= 4 is 22.8 Å². The van der Waals surface area contributed by atoms with E-state index in [1.165, 1.54) is 18.5 Å². The molecule has 1 aliphatic rings. The maximum atomic E-state index is 15.3. The number of rotatable bonds is 6. The fourth-order valence-electron chi connectivity index (χ4n) is 4.52. The Hall–Kier alpha value is -4.55. The summed E-state index contributed by atoms with van der Waals surface area (Å²) >= 11 is 0. The van der Waals surface area contributed by atoms with Crippen molar-refractivity contribution < 1.29 is 31.5 Å². The summed E-state index contributed by atoms with van der Waals surface area (Å²) in [6.07, 6.45) is 4.30. The van der Waals surface area contributed by atoms with Gasteiger partial charge in [-0.3, -0.25) is 4.79 Å². The number of carbonyl (C=O) groups excluding carboxylic acids is 1. The molecule has 0 radical (unpaired) electrons. The van der Waals surface area contributed by atoms with E-state index in [0.29, 0.717) is 24.9 Å². The first kappa shape index (κ1) is 25.1. The van der Waals surface area contributed by atoms with E-state index < -0.39 is 40.6 Å². The number of hydrogen-bond donors (Lipinski definition) is 2. The van der Waals surface area contributed by atoms with Crippen molar-refractivity contribution in [1.29, 1.82) is 0 Å². The number of benzene rings is 2. The van der Waals surface area contributed by atoms with Crippen molar-refractivity contribution in [2.45, 2.75) is 31.3 Å². The largest absolute Gasteiger partial charge is 0.451 e. The molecule has 2 unspecified atom stereocenters. The topological polar surface area (TPSA) is 108 Å². The fraction of sp³-hybridized carbons (Fsp3) is 0.200. The van der Waals surface area contributed by atoms with Gasteiger partial charge in [0.1, 0.15) is 29.4 Å². The SMILES string of the molecule is C=CC(=O)NC1CCC(n2nc(-c3ccc(Oc4c(F)c(F)cc(F)c4F)cc3F)c3c(N)ncnc32)C1. The minimum absolute atomic E-state index is 0.0368. The van der Waals surface area contributed by atoms with Crippen LogP contribution >= 0.6 is 0 Å². The third-order valence-corrected chi connectivity index (χ3v) is 6.29. The van der Waals surface area contributed by atoms with Gasteiger partial charge in [0, 0.05) is 23.7 Å². The molecule has 1 amide bonds. The number of nitrogens with two attached hydrogens (primary N) is 1. The minimum Gasteiger partial charge on any atom is -0.451 e. The van der Waals surface area contributed by atoms with Gasteiger partial charge >= 0.3 is 0 Å². The van der Waals surface area contributed by atoms with E-state index in [0.717, 1.165) is 12.1 Å². The Morgan fingerprint density at radius 2 is 1.82 bits per heavy atom. The molecule has 3 N–H and O–H groups in total. The minimum atomic E-state index is -1.76. The van der Waals surface area contributed by atoms with Crippen molar-refractivity contribution in [2.75, 3.05) is 5.73 Å². The van der Waals surface area contributed by atoms with Crippen molar-refractivity contribution in [3.8, 4) is 22.8 Å². The number of hydrogen-bond acceptors (Lipinski definition) is 6. The summed E-state index contributed by atoms with van der Waals surface area (Å²) in [4.78, 5) is 19.9. The third-order valence-electron chi connectivity index (χ3n) is 6.29. The second-order valence-electron chi connectivity index (χ2n) is 8.67. The summed E-state index contributed by atoms with van der Waals surface area (Å²) in [7, 11) is 0. The average molecular weight is 530 g/mol. The number of nitrogens with one attached hydrogen (secondary N) is 1. The van der Waals surface area contributed by atoms with E-state index in [4.69, 9.17) is 10.5 Å². The highest BCUT2D eigenvalue weighted by molar-refractivity contribution is 5.98. The predicted octanol–water partition coefficient (Wildman–Crippen LogP) is 4.96. The summed E-state index contributed by atoms with van der Waals surface area (Å²) in [5.74, 6) is -9.78. The first-order chi connectivity index (χ1) is 18.2. The van der Waals surface area contributed by atoms with Crippen LogP contribution in [-0.4, -0.2) is 31.7 Å². The Bertz CT molecular complexity index is 1560. The van der Waals surface area contributed by atoms with Gasteiger partial charge in [-0.05, 0) is 37.5 Å². The number of amides is 1. The number of aromatic nitrogens is 4. The van der Waals surface area contributed by atoms with Gasteiger partial charge in [-0.25, -0.2) is 27.8 Å². The van der Waals surface area contributed by atoms with Crippen LogP contribution in [0.5, 0.6) is 11.5 Å². The Balaban J connectivity index is 1.51. The smallest absolute Gasteiger partial charge is 0.243 e. The lowest BCUT2D eigenvalue weighted by Crippen LogP contribution is -2.31. The van der Waals surface area contributed by atoms with E-state index in [-0.39, 0.29) is 46.5 Å². The highest BCUT2D eigenvalue weighted by atomic mass is 19.2. The molecule has 5 rings (SSSR count). The van der Waals surface area contributed by atoms with Crippen LogP contribution in [0, 0.1) is 29.1 Å². The van der Waals surface area contributed by atoms with Crippen molar-refractivity contribution in [3.63, 3.8) is 0 Å². The van der Waals surface area contributed by atoms with Crippen molar-refractivity contribution in [1.82, 2.24) is 25.1 Å². The number of anilines is 1. The number of nitrogens with zero attached hydrogens (tertiary/aromatic N) is 4. The van der Waals surface area contributed by atoms with Gasteiger partial charge in [-0.2, -0.15) is 13.9 Å². The van der Waals surface area contributed by atoms with Gasteiger partial charge in [0.05, 0.1) is 11.4 Å². The van der Waals surface area contributed by atoms with Crippen LogP contribution in [-0.2, 0) is 4.79 Å². The predicted molar refractivity (Wildman–Crippen MR) is 126 cm³/mol. The lowest BCUT2D eigenvalue weighted by Gasteiger charge is -2.13. The zero-order valence-corrected chi connectivity index (χ0v) is 19.5. The molecule has 0 saturated heterocycles. The monoisotopic (exact) mass is 530 g/mol. The van der Waals surface area contributed by atoms with E-state index in [9.17, 15) is 22.4 Å². The molecule has 8 nitrogen and oxygen atoms in total. The zero-order chi connectivity index (χ0) is 27.1. The molecule has 1 fully saturated rings. The normalized spacial score (nSPS) is 17.1. The number of carbonyl (C=O) groups is 1. The maximum absolute atomic E-state index is 15.3. The van der Waals surface area contributed by atoms with E-state index in [1.54, 1.807) is 4.68 Å². The van der Waals surface area contributed by atoms with Crippen LogP contribution in [0.2, 0.25) is 0 Å². The van der Waals surface area contributed by atoms with Gasteiger partial charge in [0.25, 0.3) is 0 Å². The zero-order valence-electron chi connectivity index (χ0n) is 19.5. The third kappa shape index (κ3) is 4.40. The van der Waals surface area contributed by atoms with Crippen LogP contribution in [0.3, 0.4) is 0 Å². The van der Waals surface area contributed by atoms with Crippen molar-refractivity contribution in [2.24, 2.45) is 0 Å². The van der Waals surface area contributed by atoms with Crippen molar-refractivity contribution in [3.05, 3.63) is 72.3 Å². The first-order valence-corrected chi connectivity index (χ1v) is 11.4. The molecule has 38 heavy (non-hydrogen) atoms. The molecule has 1 saturated carbocycles. The lowest BCUT2D eigenvalue weighted by atomic mass is 10.1. The quantitative estimate of drug-likeness (QED) is 0.207. The standard InChI is InChI=1S/C25H19F5N6O2/c1-2-18(37)34-11-3-4-12(7-11)36-25-19(24(31)32-10-33-25)22(35-36)14-6-5-13(8-15(14)26)38-23-20(29)16(27)9-17(28)21(23)30/h2,5-6,8-12H,1,3-4,7H2,(H,34,37)(H2,31,32,33). The van der Waals surface area contributed by atoms with E-state index in [1.807, 2.05) is 0 Å². The second-order valence-corrected chi connectivity index (χ2v) is 8.67. The maximum Gasteiger partial charge on any atom is 0.243 e. The highest BCUT2D eigenvalue weighted by Crippen LogP contribution is 2.39. The molecule has 0 spiro atoms. The lowest BCUT2D eigenvalue weighted by molar-refractivity contribution is -0.117.